The summed E-state index contributed by atoms with van der Waals surface area (Å²) in [4.78, 5) is 13.9. The Morgan fingerprint density at radius 1 is 1.47 bits per heavy atom. The maximum absolute atomic E-state index is 11.5. The minimum Gasteiger partial charge on any atom is -0.398 e. The first kappa shape index (κ1) is 13.9. The Hall–Kier alpha value is -1.55. The van der Waals surface area contributed by atoms with E-state index in [1.165, 1.54) is 25.8 Å². The van der Waals surface area contributed by atoms with Crippen molar-refractivity contribution in [1.29, 1.82) is 0 Å². The smallest absolute Gasteiger partial charge is 0.161 e. The van der Waals surface area contributed by atoms with Crippen LogP contribution < -0.4 is 11.1 Å². The Morgan fingerprint density at radius 3 is 2.95 bits per heavy atom. The van der Waals surface area contributed by atoms with E-state index < -0.39 is 0 Å². The number of carbonyl (C=O) groups excluding carboxylic acids is 1. The molecule has 1 heterocycles. The van der Waals surface area contributed by atoms with Gasteiger partial charge >= 0.3 is 0 Å². The van der Waals surface area contributed by atoms with Crippen LogP contribution in [0.15, 0.2) is 18.2 Å². The van der Waals surface area contributed by atoms with Gasteiger partial charge in [-0.15, -0.1) is 0 Å². The molecule has 0 radical (unpaired) electrons. The normalized spacial score (nSPS) is 20.2. The van der Waals surface area contributed by atoms with Crippen LogP contribution in [-0.4, -0.2) is 36.9 Å². The number of rotatable bonds is 4. The molecule has 0 amide bonds. The summed E-state index contributed by atoms with van der Waals surface area (Å²) in [6.07, 6.45) is 3.83. The van der Waals surface area contributed by atoms with Gasteiger partial charge in [-0.3, -0.25) is 4.79 Å². The quantitative estimate of drug-likeness (QED) is 0.645. The molecule has 1 aliphatic rings. The number of benzene rings is 1. The predicted octanol–water partition coefficient (Wildman–Crippen LogP) is 2.37. The van der Waals surface area contributed by atoms with Crippen molar-refractivity contribution in [3.63, 3.8) is 0 Å². The van der Waals surface area contributed by atoms with E-state index in [1.807, 2.05) is 12.1 Å². The zero-order valence-electron chi connectivity index (χ0n) is 11.8. The number of carbonyl (C=O) groups is 1. The summed E-state index contributed by atoms with van der Waals surface area (Å²) < 4.78 is 0. The van der Waals surface area contributed by atoms with Gasteiger partial charge in [0.15, 0.2) is 5.78 Å². The number of anilines is 2. The summed E-state index contributed by atoms with van der Waals surface area (Å²) in [6.45, 7) is 3.63. The summed E-state index contributed by atoms with van der Waals surface area (Å²) in [7, 11) is 2.18. The lowest BCUT2D eigenvalue weighted by molar-refractivity contribution is 0.101. The van der Waals surface area contributed by atoms with Gasteiger partial charge in [0.2, 0.25) is 0 Å². The number of piperidine rings is 1. The van der Waals surface area contributed by atoms with Gasteiger partial charge in [-0.05, 0) is 51.6 Å². The van der Waals surface area contributed by atoms with Crippen LogP contribution in [0.4, 0.5) is 11.4 Å². The van der Waals surface area contributed by atoms with Gasteiger partial charge in [0, 0.05) is 29.5 Å². The fourth-order valence-electron chi connectivity index (χ4n) is 2.61. The third-order valence-electron chi connectivity index (χ3n) is 3.90. The zero-order chi connectivity index (χ0) is 13.8. The highest BCUT2D eigenvalue weighted by atomic mass is 16.1. The molecular formula is C15H23N3O. The summed E-state index contributed by atoms with van der Waals surface area (Å²) in [5.74, 6) is 0.0101. The SMILES string of the molecule is CC(=O)c1cc(NCC2CCCCN2C)ccc1N. The van der Waals surface area contributed by atoms with Crippen molar-refractivity contribution in [3.05, 3.63) is 23.8 Å². The van der Waals surface area contributed by atoms with Gasteiger partial charge < -0.3 is 16.0 Å². The molecule has 1 aliphatic heterocycles. The molecule has 1 saturated heterocycles. The molecule has 0 aromatic heterocycles. The molecule has 4 nitrogen and oxygen atoms in total. The average Bonchev–Trinajstić information content (AvgIpc) is 2.39. The molecule has 1 fully saturated rings. The van der Waals surface area contributed by atoms with Crippen molar-refractivity contribution in [2.75, 3.05) is 31.2 Å². The molecule has 0 spiro atoms. The maximum atomic E-state index is 11.5. The topological polar surface area (TPSA) is 58.4 Å². The Balaban J connectivity index is 1.99. The van der Waals surface area contributed by atoms with Crippen LogP contribution in [0.2, 0.25) is 0 Å². The van der Waals surface area contributed by atoms with Crippen LogP contribution in [0, 0.1) is 0 Å². The van der Waals surface area contributed by atoms with E-state index in [1.54, 1.807) is 13.0 Å². The lowest BCUT2D eigenvalue weighted by atomic mass is 10.0. The van der Waals surface area contributed by atoms with Gasteiger partial charge in [-0.2, -0.15) is 0 Å². The molecule has 1 aromatic rings. The van der Waals surface area contributed by atoms with Gasteiger partial charge in [-0.1, -0.05) is 6.42 Å². The second-order valence-electron chi connectivity index (χ2n) is 5.37. The number of ketones is 1. The first-order valence-corrected chi connectivity index (χ1v) is 6.92. The maximum Gasteiger partial charge on any atom is 0.161 e. The molecule has 1 atom stereocenters. The van der Waals surface area contributed by atoms with Crippen LogP contribution in [0.25, 0.3) is 0 Å². The summed E-state index contributed by atoms with van der Waals surface area (Å²) in [5.41, 5.74) is 7.91. The second kappa shape index (κ2) is 6.06. The number of nitrogens with zero attached hydrogens (tertiary/aromatic N) is 1. The van der Waals surface area contributed by atoms with Crippen LogP contribution >= 0.6 is 0 Å². The van der Waals surface area contributed by atoms with Crippen LogP contribution in [0.3, 0.4) is 0 Å². The van der Waals surface area contributed by atoms with E-state index in [2.05, 4.69) is 17.3 Å². The number of nitrogens with two attached hydrogens (primary N) is 1. The Bertz CT molecular complexity index is 459. The van der Waals surface area contributed by atoms with Crippen LogP contribution in [0.1, 0.15) is 36.5 Å². The van der Waals surface area contributed by atoms with Crippen molar-refractivity contribution in [2.45, 2.75) is 32.2 Å². The highest BCUT2D eigenvalue weighted by molar-refractivity contribution is 5.99. The Labute approximate surface area is 115 Å². The number of hydrogen-bond donors (Lipinski definition) is 2. The van der Waals surface area contributed by atoms with Gasteiger partial charge in [-0.25, -0.2) is 0 Å². The van der Waals surface area contributed by atoms with Crippen molar-refractivity contribution in [2.24, 2.45) is 0 Å². The Morgan fingerprint density at radius 2 is 2.26 bits per heavy atom. The van der Waals surface area contributed by atoms with Gasteiger partial charge in [0.1, 0.15) is 0 Å². The van der Waals surface area contributed by atoms with Crippen molar-refractivity contribution < 1.29 is 4.79 Å². The highest BCUT2D eigenvalue weighted by Crippen LogP contribution is 2.20. The second-order valence-corrected chi connectivity index (χ2v) is 5.37. The number of hydrogen-bond acceptors (Lipinski definition) is 4. The molecule has 0 aliphatic carbocycles. The molecule has 4 heteroatoms. The summed E-state index contributed by atoms with van der Waals surface area (Å²) in [6, 6.07) is 6.15. The molecule has 1 unspecified atom stereocenters. The minimum atomic E-state index is 0.0101. The third-order valence-corrected chi connectivity index (χ3v) is 3.90. The summed E-state index contributed by atoms with van der Waals surface area (Å²) >= 11 is 0. The van der Waals surface area contributed by atoms with Crippen molar-refractivity contribution >= 4 is 17.2 Å². The van der Waals surface area contributed by atoms with E-state index in [9.17, 15) is 4.79 Å². The summed E-state index contributed by atoms with van der Waals surface area (Å²) in [5, 5.41) is 3.42. The van der Waals surface area contributed by atoms with Gasteiger partial charge in [0.25, 0.3) is 0 Å². The monoisotopic (exact) mass is 261 g/mol. The van der Waals surface area contributed by atoms with Crippen LogP contribution in [-0.2, 0) is 0 Å². The highest BCUT2D eigenvalue weighted by Gasteiger charge is 2.18. The molecule has 2 rings (SSSR count). The van der Waals surface area contributed by atoms with Gasteiger partial charge in [0.05, 0.1) is 0 Å². The molecule has 0 saturated carbocycles. The standard InChI is InChI=1S/C15H23N3O/c1-11(19)14-9-12(6-7-15(14)16)17-10-13-5-3-4-8-18(13)2/h6-7,9,13,17H,3-5,8,10,16H2,1-2H3. The van der Waals surface area contributed by atoms with E-state index in [-0.39, 0.29) is 5.78 Å². The average molecular weight is 261 g/mol. The van der Waals surface area contributed by atoms with E-state index in [0.717, 1.165) is 12.2 Å². The van der Waals surface area contributed by atoms with Crippen molar-refractivity contribution in [1.82, 2.24) is 4.90 Å². The lowest BCUT2D eigenvalue weighted by Crippen LogP contribution is -2.40. The fraction of sp³-hybridized carbons (Fsp3) is 0.533. The molecule has 1 aromatic carbocycles. The number of nitrogen functional groups attached to an aromatic ring is 1. The van der Waals surface area contributed by atoms with E-state index in [0.29, 0.717) is 17.3 Å². The predicted molar refractivity (Wildman–Crippen MR) is 79.6 cm³/mol. The number of likely N-dealkylation sites (tertiary alicyclic amines) is 1. The molecular weight excluding hydrogens is 238 g/mol. The van der Waals surface area contributed by atoms with Crippen LogP contribution in [0.5, 0.6) is 0 Å². The first-order valence-electron chi connectivity index (χ1n) is 6.92. The molecule has 104 valence electrons. The fourth-order valence-corrected chi connectivity index (χ4v) is 2.61. The largest absolute Gasteiger partial charge is 0.398 e. The number of Topliss-reactive ketones (excluding diaryl/α,β-unsaturated/α-hetero) is 1. The lowest BCUT2D eigenvalue weighted by Gasteiger charge is -2.32. The zero-order valence-corrected chi connectivity index (χ0v) is 11.8. The molecule has 3 N–H and O–H groups in total. The van der Waals surface area contributed by atoms with E-state index >= 15 is 0 Å². The number of likely N-dealkylation sites (N-methyl/N-ethyl adjacent to an activating group) is 1. The minimum absolute atomic E-state index is 0.0101. The number of nitrogens with one attached hydrogen (secondary N) is 1. The molecule has 19 heavy (non-hydrogen) atoms. The molecule has 0 bridgehead atoms. The van der Waals surface area contributed by atoms with E-state index in [4.69, 9.17) is 5.73 Å². The Kier molecular flexibility index (Phi) is 4.43. The third kappa shape index (κ3) is 3.47. The van der Waals surface area contributed by atoms with Crippen molar-refractivity contribution in [3.8, 4) is 0 Å². The first-order chi connectivity index (χ1) is 9.08.